The molecule has 0 spiro atoms. The largest absolute Gasteiger partial charge is 0.294 e. The van der Waals surface area contributed by atoms with Crippen LogP contribution in [0.15, 0.2) is 41.1 Å². The molecular weight excluding hydrogens is 337 g/mol. The molecule has 0 aliphatic heterocycles. The van der Waals surface area contributed by atoms with Crippen LogP contribution < -0.4 is 0 Å². The lowest BCUT2D eigenvalue weighted by Gasteiger charge is -2.03. The molecular formula is C13H8BrCl2NO. The molecule has 0 unspecified atom stereocenters. The van der Waals surface area contributed by atoms with E-state index in [0.717, 1.165) is 10.0 Å². The van der Waals surface area contributed by atoms with Crippen molar-refractivity contribution in [3.05, 3.63) is 62.3 Å². The van der Waals surface area contributed by atoms with Crippen LogP contribution in [-0.4, -0.2) is 10.8 Å². The summed E-state index contributed by atoms with van der Waals surface area (Å²) in [4.78, 5) is 16.1. The summed E-state index contributed by atoms with van der Waals surface area (Å²) >= 11 is 15.0. The van der Waals surface area contributed by atoms with Gasteiger partial charge < -0.3 is 0 Å². The van der Waals surface area contributed by atoms with E-state index < -0.39 is 0 Å². The van der Waals surface area contributed by atoms with Crippen LogP contribution in [0.3, 0.4) is 0 Å². The number of benzene rings is 1. The minimum atomic E-state index is -0.0199. The number of carbonyl (C=O) groups excluding carboxylic acids is 1. The zero-order chi connectivity index (χ0) is 13.1. The quantitative estimate of drug-likeness (QED) is 0.763. The van der Waals surface area contributed by atoms with Gasteiger partial charge in [-0.15, -0.1) is 0 Å². The van der Waals surface area contributed by atoms with Gasteiger partial charge in [-0.2, -0.15) is 0 Å². The Morgan fingerprint density at radius 1 is 1.17 bits per heavy atom. The number of nitrogens with zero attached hydrogens (tertiary/aromatic N) is 1. The number of aromatic nitrogens is 1. The van der Waals surface area contributed by atoms with Crippen LogP contribution >= 0.6 is 39.1 Å². The number of Topliss-reactive ketones (excluding diaryl/α,β-unsaturated/α-hetero) is 1. The van der Waals surface area contributed by atoms with Crippen LogP contribution in [-0.2, 0) is 6.42 Å². The van der Waals surface area contributed by atoms with Crippen molar-refractivity contribution in [2.45, 2.75) is 6.42 Å². The van der Waals surface area contributed by atoms with Gasteiger partial charge in [-0.05, 0) is 45.8 Å². The van der Waals surface area contributed by atoms with E-state index in [2.05, 4.69) is 20.9 Å². The Balaban J connectivity index is 2.19. The fourth-order valence-electron chi connectivity index (χ4n) is 1.51. The average molecular weight is 345 g/mol. The highest BCUT2D eigenvalue weighted by Crippen LogP contribution is 2.23. The van der Waals surface area contributed by atoms with Gasteiger partial charge in [0.05, 0.1) is 10.0 Å². The van der Waals surface area contributed by atoms with Crippen molar-refractivity contribution in [1.29, 1.82) is 0 Å². The highest BCUT2D eigenvalue weighted by Gasteiger charge is 2.09. The molecule has 1 heterocycles. The Hall–Kier alpha value is -0.900. The second-order valence-corrected chi connectivity index (χ2v) is 5.47. The first-order valence-electron chi connectivity index (χ1n) is 5.14. The molecule has 1 aromatic heterocycles. The predicted molar refractivity (Wildman–Crippen MR) is 76.4 cm³/mol. The Labute approximate surface area is 123 Å². The Morgan fingerprint density at radius 3 is 2.61 bits per heavy atom. The second kappa shape index (κ2) is 5.83. The van der Waals surface area contributed by atoms with Gasteiger partial charge in [-0.1, -0.05) is 23.2 Å². The van der Waals surface area contributed by atoms with Crippen LogP contribution in [0, 0.1) is 0 Å². The monoisotopic (exact) mass is 343 g/mol. The van der Waals surface area contributed by atoms with Crippen LogP contribution in [0.1, 0.15) is 15.9 Å². The summed E-state index contributed by atoms with van der Waals surface area (Å²) in [6.45, 7) is 0. The molecule has 18 heavy (non-hydrogen) atoms. The molecule has 2 nitrogen and oxygen atoms in total. The van der Waals surface area contributed by atoms with Gasteiger partial charge in [0.25, 0.3) is 0 Å². The van der Waals surface area contributed by atoms with E-state index in [4.69, 9.17) is 23.2 Å². The lowest BCUT2D eigenvalue weighted by atomic mass is 10.0. The summed E-state index contributed by atoms with van der Waals surface area (Å²) in [6.07, 6.45) is 3.62. The summed E-state index contributed by atoms with van der Waals surface area (Å²) < 4.78 is 0.849. The van der Waals surface area contributed by atoms with Crippen molar-refractivity contribution < 1.29 is 4.79 Å². The first-order chi connectivity index (χ1) is 8.56. The standard InChI is InChI=1S/C13H8BrCl2NO/c14-10-3-8(6-17-7-10)4-13(18)9-1-2-11(15)12(16)5-9/h1-3,5-7H,4H2. The maximum atomic E-state index is 12.0. The molecule has 0 bridgehead atoms. The van der Waals surface area contributed by atoms with Crippen LogP contribution in [0.4, 0.5) is 0 Å². The molecule has 0 radical (unpaired) electrons. The molecule has 2 aromatic rings. The molecule has 92 valence electrons. The maximum absolute atomic E-state index is 12.0. The first-order valence-corrected chi connectivity index (χ1v) is 6.69. The molecule has 0 aliphatic carbocycles. The van der Waals surface area contributed by atoms with Gasteiger partial charge >= 0.3 is 0 Å². The van der Waals surface area contributed by atoms with E-state index in [-0.39, 0.29) is 12.2 Å². The summed E-state index contributed by atoms with van der Waals surface area (Å²) in [5, 5.41) is 0.826. The van der Waals surface area contributed by atoms with E-state index in [9.17, 15) is 4.79 Å². The second-order valence-electron chi connectivity index (χ2n) is 3.74. The summed E-state index contributed by atoms with van der Waals surface area (Å²) in [7, 11) is 0. The van der Waals surface area contributed by atoms with Crippen molar-refractivity contribution >= 4 is 44.9 Å². The lowest BCUT2D eigenvalue weighted by molar-refractivity contribution is 0.0993. The Bertz CT molecular complexity index is 601. The molecule has 0 atom stereocenters. The van der Waals surface area contributed by atoms with Gasteiger partial charge in [-0.25, -0.2) is 0 Å². The molecule has 0 amide bonds. The van der Waals surface area contributed by atoms with Crippen LogP contribution in [0.2, 0.25) is 10.0 Å². The van der Waals surface area contributed by atoms with Gasteiger partial charge in [-0.3, -0.25) is 9.78 Å². The van der Waals surface area contributed by atoms with Crippen molar-refractivity contribution in [2.24, 2.45) is 0 Å². The molecule has 2 rings (SSSR count). The van der Waals surface area contributed by atoms with E-state index in [0.29, 0.717) is 15.6 Å². The van der Waals surface area contributed by atoms with E-state index >= 15 is 0 Å². The number of ketones is 1. The Kier molecular flexibility index (Phi) is 4.38. The smallest absolute Gasteiger partial charge is 0.167 e. The third kappa shape index (κ3) is 3.31. The number of hydrogen-bond donors (Lipinski definition) is 0. The lowest BCUT2D eigenvalue weighted by Crippen LogP contribution is -2.03. The zero-order valence-corrected chi connectivity index (χ0v) is 12.3. The van der Waals surface area contributed by atoms with Gasteiger partial charge in [0.15, 0.2) is 5.78 Å². The summed E-state index contributed by atoms with van der Waals surface area (Å²) in [6, 6.07) is 6.73. The van der Waals surface area contributed by atoms with Crippen molar-refractivity contribution in [3.63, 3.8) is 0 Å². The highest BCUT2D eigenvalue weighted by atomic mass is 79.9. The van der Waals surface area contributed by atoms with Gasteiger partial charge in [0.1, 0.15) is 0 Å². The molecule has 1 aromatic carbocycles. The number of halogens is 3. The predicted octanol–water partition coefficient (Wildman–Crippen LogP) is 4.58. The Morgan fingerprint density at radius 2 is 1.94 bits per heavy atom. The molecule has 5 heteroatoms. The molecule has 0 saturated carbocycles. The fraction of sp³-hybridized carbons (Fsp3) is 0.0769. The van der Waals surface area contributed by atoms with Crippen LogP contribution in [0.25, 0.3) is 0 Å². The first kappa shape index (κ1) is 13.5. The third-order valence-corrected chi connectivity index (χ3v) is 3.54. The normalized spacial score (nSPS) is 10.4. The number of hydrogen-bond acceptors (Lipinski definition) is 2. The van der Waals surface area contributed by atoms with Gasteiger partial charge in [0, 0.05) is 28.9 Å². The van der Waals surface area contributed by atoms with E-state index in [1.807, 2.05) is 6.07 Å². The molecule has 0 saturated heterocycles. The molecule has 0 aliphatic rings. The average Bonchev–Trinajstić information content (AvgIpc) is 2.32. The summed E-state index contributed by atoms with van der Waals surface area (Å²) in [5.74, 6) is -0.0199. The summed E-state index contributed by atoms with van der Waals surface area (Å²) in [5.41, 5.74) is 1.39. The molecule has 0 N–H and O–H groups in total. The number of rotatable bonds is 3. The third-order valence-electron chi connectivity index (χ3n) is 2.37. The minimum absolute atomic E-state index is 0.0199. The van der Waals surface area contributed by atoms with Crippen LogP contribution in [0.5, 0.6) is 0 Å². The van der Waals surface area contributed by atoms with E-state index in [1.165, 1.54) is 0 Å². The fourth-order valence-corrected chi connectivity index (χ4v) is 2.22. The van der Waals surface area contributed by atoms with Crippen molar-refractivity contribution in [3.8, 4) is 0 Å². The maximum Gasteiger partial charge on any atom is 0.167 e. The highest BCUT2D eigenvalue weighted by molar-refractivity contribution is 9.10. The van der Waals surface area contributed by atoms with Gasteiger partial charge in [0.2, 0.25) is 0 Å². The van der Waals surface area contributed by atoms with Crippen molar-refractivity contribution in [1.82, 2.24) is 4.98 Å². The van der Waals surface area contributed by atoms with Crippen molar-refractivity contribution in [2.75, 3.05) is 0 Å². The minimum Gasteiger partial charge on any atom is -0.294 e. The van der Waals surface area contributed by atoms with E-state index in [1.54, 1.807) is 30.6 Å². The zero-order valence-electron chi connectivity index (χ0n) is 9.16. The SMILES string of the molecule is O=C(Cc1cncc(Br)c1)c1ccc(Cl)c(Cl)c1. The topological polar surface area (TPSA) is 30.0 Å². The molecule has 0 fully saturated rings. The number of pyridine rings is 1. The number of carbonyl (C=O) groups is 1.